The van der Waals surface area contributed by atoms with E-state index in [4.69, 9.17) is 4.74 Å². The van der Waals surface area contributed by atoms with Gasteiger partial charge in [0.15, 0.2) is 5.78 Å². The Morgan fingerprint density at radius 1 is 1.42 bits per heavy atom. The van der Waals surface area contributed by atoms with Crippen LogP contribution in [0.1, 0.15) is 33.1 Å². The van der Waals surface area contributed by atoms with Crippen LogP contribution < -0.4 is 4.74 Å². The predicted molar refractivity (Wildman–Crippen MR) is 80.4 cm³/mol. The summed E-state index contributed by atoms with van der Waals surface area (Å²) in [6, 6.07) is 9.80. The van der Waals surface area contributed by atoms with Gasteiger partial charge in [0, 0.05) is 5.56 Å². The Kier molecular flexibility index (Phi) is 3.46. The molecule has 0 amide bonds. The molecule has 0 bridgehead atoms. The van der Waals surface area contributed by atoms with Crippen LogP contribution in [0.15, 0.2) is 34.1 Å². The minimum absolute atomic E-state index is 0.0742. The molecule has 2 aromatic rings. The summed E-state index contributed by atoms with van der Waals surface area (Å²) in [5.41, 5.74) is 2.13. The quantitative estimate of drug-likeness (QED) is 0.751. The topological polar surface area (TPSA) is 26.3 Å². The molecule has 0 radical (unpaired) electrons. The summed E-state index contributed by atoms with van der Waals surface area (Å²) in [5, 5.41) is 0. The molecule has 3 rings (SSSR count). The van der Waals surface area contributed by atoms with Crippen LogP contribution in [0.3, 0.4) is 0 Å². The summed E-state index contributed by atoms with van der Waals surface area (Å²) in [6.07, 6.45) is 0.754. The zero-order chi connectivity index (χ0) is 13.4. The van der Waals surface area contributed by atoms with Gasteiger partial charge in [0.05, 0.1) is 21.2 Å². The van der Waals surface area contributed by atoms with E-state index in [0.717, 1.165) is 32.0 Å². The van der Waals surface area contributed by atoms with Crippen molar-refractivity contribution in [3.05, 3.63) is 50.1 Å². The van der Waals surface area contributed by atoms with Crippen molar-refractivity contribution in [2.24, 2.45) is 0 Å². The third kappa shape index (κ3) is 2.35. The lowest BCUT2D eigenvalue weighted by atomic mass is 9.88. The Morgan fingerprint density at radius 2 is 2.21 bits per heavy atom. The number of hydrogen-bond acceptors (Lipinski definition) is 3. The van der Waals surface area contributed by atoms with Crippen molar-refractivity contribution >= 4 is 33.0 Å². The molecule has 1 unspecified atom stereocenters. The van der Waals surface area contributed by atoms with E-state index in [0.29, 0.717) is 6.61 Å². The second-order valence-corrected chi connectivity index (χ2v) is 7.03. The van der Waals surface area contributed by atoms with Crippen LogP contribution in [0.2, 0.25) is 0 Å². The van der Waals surface area contributed by atoms with E-state index in [1.165, 1.54) is 11.3 Å². The molecule has 98 valence electrons. The van der Waals surface area contributed by atoms with Crippen LogP contribution in [0.4, 0.5) is 0 Å². The van der Waals surface area contributed by atoms with E-state index in [1.54, 1.807) is 0 Å². The molecule has 0 aliphatic carbocycles. The maximum absolute atomic E-state index is 12.7. The van der Waals surface area contributed by atoms with Crippen LogP contribution in [-0.4, -0.2) is 12.4 Å². The highest BCUT2D eigenvalue weighted by Crippen LogP contribution is 2.38. The van der Waals surface area contributed by atoms with Gasteiger partial charge in [0.1, 0.15) is 5.75 Å². The summed E-state index contributed by atoms with van der Waals surface area (Å²) in [7, 11) is 0. The molecular weight excluding hydrogens is 324 g/mol. The number of carbonyl (C=O) groups excluding carboxylic acids is 1. The van der Waals surface area contributed by atoms with Gasteiger partial charge in [-0.05, 0) is 47.0 Å². The Hall–Kier alpha value is -1.13. The van der Waals surface area contributed by atoms with E-state index in [1.807, 2.05) is 37.3 Å². The molecule has 0 N–H and O–H groups in total. The first kappa shape index (κ1) is 12.9. The molecule has 0 saturated heterocycles. The maximum atomic E-state index is 12.7. The van der Waals surface area contributed by atoms with Gasteiger partial charge in [0.2, 0.25) is 0 Å². The van der Waals surface area contributed by atoms with Crippen LogP contribution in [0.25, 0.3) is 0 Å². The molecule has 1 aromatic heterocycles. The molecule has 2 nitrogen and oxygen atoms in total. The zero-order valence-corrected chi connectivity index (χ0v) is 12.9. The number of aryl methyl sites for hydroxylation is 1. The molecule has 1 aliphatic rings. The first-order valence-electron chi connectivity index (χ1n) is 6.18. The number of hydrogen-bond donors (Lipinski definition) is 0. The van der Waals surface area contributed by atoms with Crippen LogP contribution >= 0.6 is 27.3 Å². The highest BCUT2D eigenvalue weighted by molar-refractivity contribution is 9.11. The number of fused-ring (bicyclic) bond motifs is 1. The van der Waals surface area contributed by atoms with Crippen LogP contribution in [-0.2, 0) is 0 Å². The van der Waals surface area contributed by atoms with Crippen LogP contribution in [0.5, 0.6) is 5.75 Å². The largest absolute Gasteiger partial charge is 0.493 e. The normalized spacial score (nSPS) is 17.7. The molecule has 4 heteroatoms. The maximum Gasteiger partial charge on any atom is 0.180 e. The Bertz CT molecular complexity index is 613. The molecule has 1 atom stereocenters. The smallest absolute Gasteiger partial charge is 0.180 e. The van der Waals surface area contributed by atoms with Crippen molar-refractivity contribution in [2.45, 2.75) is 19.3 Å². The second-order valence-electron chi connectivity index (χ2n) is 4.66. The minimum Gasteiger partial charge on any atom is -0.493 e. The number of carbonyl (C=O) groups is 1. The van der Waals surface area contributed by atoms with E-state index >= 15 is 0 Å². The molecular formula is C15H13BrO2S. The number of para-hydroxylation sites is 1. The molecule has 19 heavy (non-hydrogen) atoms. The van der Waals surface area contributed by atoms with E-state index in [9.17, 15) is 4.79 Å². The monoisotopic (exact) mass is 336 g/mol. The Labute approximate surface area is 124 Å². The summed E-state index contributed by atoms with van der Waals surface area (Å²) in [4.78, 5) is 13.5. The van der Waals surface area contributed by atoms with Gasteiger partial charge in [-0.3, -0.25) is 4.79 Å². The number of Topliss-reactive ketones (excluding diaryl/α,β-unsaturated/α-hetero) is 1. The highest BCUT2D eigenvalue weighted by atomic mass is 79.9. The fourth-order valence-electron chi connectivity index (χ4n) is 2.37. The molecule has 0 fully saturated rings. The van der Waals surface area contributed by atoms with Crippen molar-refractivity contribution in [1.29, 1.82) is 0 Å². The van der Waals surface area contributed by atoms with Gasteiger partial charge < -0.3 is 4.74 Å². The van der Waals surface area contributed by atoms with Crippen LogP contribution in [0, 0.1) is 6.92 Å². The summed E-state index contributed by atoms with van der Waals surface area (Å²) in [6.45, 7) is 2.62. The number of ether oxygens (including phenoxy) is 1. The second kappa shape index (κ2) is 5.10. The fraction of sp³-hybridized carbons (Fsp3) is 0.267. The third-order valence-corrected chi connectivity index (χ3v) is 5.53. The van der Waals surface area contributed by atoms with Gasteiger partial charge >= 0.3 is 0 Å². The Morgan fingerprint density at radius 3 is 2.95 bits per heavy atom. The summed E-state index contributed by atoms with van der Waals surface area (Å²) < 4.78 is 6.65. The number of benzene rings is 1. The van der Waals surface area contributed by atoms with Crippen molar-refractivity contribution in [3.8, 4) is 5.75 Å². The van der Waals surface area contributed by atoms with Gasteiger partial charge in [-0.25, -0.2) is 0 Å². The SMILES string of the molecule is Cc1cc(C(=O)C2CCOc3ccccc32)sc1Br. The van der Waals surface area contributed by atoms with E-state index in [2.05, 4.69) is 15.9 Å². The molecule has 0 saturated carbocycles. The molecule has 1 aromatic carbocycles. The number of thiophene rings is 1. The summed E-state index contributed by atoms with van der Waals surface area (Å²) in [5.74, 6) is 0.976. The zero-order valence-electron chi connectivity index (χ0n) is 10.5. The predicted octanol–water partition coefficient (Wildman–Crippen LogP) is 4.57. The minimum atomic E-state index is -0.0742. The molecule has 2 heterocycles. The lowest BCUT2D eigenvalue weighted by Crippen LogP contribution is -2.20. The average Bonchev–Trinajstić information content (AvgIpc) is 2.77. The van der Waals surface area contributed by atoms with Gasteiger partial charge in [-0.15, -0.1) is 11.3 Å². The third-order valence-electron chi connectivity index (χ3n) is 3.38. The number of ketones is 1. The lowest BCUT2D eigenvalue weighted by Gasteiger charge is -2.24. The molecule has 0 spiro atoms. The average molecular weight is 337 g/mol. The standard InChI is InChI=1S/C15H13BrO2S/c1-9-8-13(19-15(9)16)14(17)11-6-7-18-12-5-3-2-4-10(11)12/h2-5,8,11H,6-7H2,1H3. The van der Waals surface area contributed by atoms with E-state index in [-0.39, 0.29) is 11.7 Å². The van der Waals surface area contributed by atoms with Crippen molar-refractivity contribution in [2.75, 3.05) is 6.61 Å². The first-order valence-corrected chi connectivity index (χ1v) is 7.79. The summed E-state index contributed by atoms with van der Waals surface area (Å²) >= 11 is 5.00. The molecule has 1 aliphatic heterocycles. The van der Waals surface area contributed by atoms with Gasteiger partial charge in [0.25, 0.3) is 0 Å². The highest BCUT2D eigenvalue weighted by Gasteiger charge is 2.29. The fourth-order valence-corrected chi connectivity index (χ4v) is 3.90. The Balaban J connectivity index is 1.97. The first-order chi connectivity index (χ1) is 9.16. The number of halogens is 1. The van der Waals surface area contributed by atoms with Gasteiger partial charge in [-0.2, -0.15) is 0 Å². The van der Waals surface area contributed by atoms with Gasteiger partial charge in [-0.1, -0.05) is 18.2 Å². The van der Waals surface area contributed by atoms with Crippen molar-refractivity contribution in [1.82, 2.24) is 0 Å². The van der Waals surface area contributed by atoms with E-state index < -0.39 is 0 Å². The van der Waals surface area contributed by atoms with Crippen molar-refractivity contribution in [3.63, 3.8) is 0 Å². The lowest BCUT2D eigenvalue weighted by molar-refractivity contribution is 0.0937. The number of rotatable bonds is 2. The van der Waals surface area contributed by atoms with Crippen molar-refractivity contribution < 1.29 is 9.53 Å².